The molecule has 0 bridgehead atoms. The van der Waals surface area contributed by atoms with Gasteiger partial charge in [0.2, 0.25) is 0 Å². The van der Waals surface area contributed by atoms with Gasteiger partial charge in [-0.15, -0.1) is 11.3 Å². The second kappa shape index (κ2) is 9.96. The fraction of sp³-hybridized carbons (Fsp3) is 0.545. The fourth-order valence-corrected chi connectivity index (χ4v) is 4.03. The van der Waals surface area contributed by atoms with Crippen LogP contribution in [0.4, 0.5) is 4.39 Å². The van der Waals surface area contributed by atoms with Crippen LogP contribution in [0.1, 0.15) is 51.1 Å². The molecular weight excluding hydrogens is 357 g/mol. The van der Waals surface area contributed by atoms with E-state index >= 15 is 0 Å². The molecule has 5 heteroatoms. The number of aryl methyl sites for hydroxylation is 1. The molecule has 1 aliphatic rings. The Kier molecular flexibility index (Phi) is 7.94. The van der Waals surface area contributed by atoms with Crippen molar-refractivity contribution in [1.29, 1.82) is 5.26 Å². The number of halogens is 1. The molecule has 3 nitrogen and oxygen atoms in total. The standard InChI is InChI=1S/C20H24FN3S.C2H6/c1-3-19-23-17(14-25-19)16-6-4-15(5-7-16)12-24-11-9-20(2,8-10-22)18(21)13-24;1-2/h4-7,14,18H,3,8-9,11-13H2,1-2H3;1-2H3. The molecule has 1 aromatic carbocycles. The first-order chi connectivity index (χ1) is 13.0. The van der Waals surface area contributed by atoms with Crippen LogP contribution in [0.5, 0.6) is 0 Å². The Balaban J connectivity index is 0.00000126. The molecule has 0 N–H and O–H groups in total. The van der Waals surface area contributed by atoms with Crippen LogP contribution in [0, 0.1) is 16.7 Å². The Hall–Kier alpha value is -1.77. The summed E-state index contributed by atoms with van der Waals surface area (Å²) >= 11 is 1.70. The normalized spacial score (nSPS) is 22.6. The predicted molar refractivity (Wildman–Crippen MR) is 111 cm³/mol. The highest BCUT2D eigenvalue weighted by molar-refractivity contribution is 7.09. The Morgan fingerprint density at radius 1 is 1.33 bits per heavy atom. The third-order valence-corrected chi connectivity index (χ3v) is 6.16. The van der Waals surface area contributed by atoms with E-state index in [4.69, 9.17) is 5.26 Å². The smallest absolute Gasteiger partial charge is 0.119 e. The van der Waals surface area contributed by atoms with Crippen molar-refractivity contribution < 1.29 is 4.39 Å². The maximum absolute atomic E-state index is 14.5. The lowest BCUT2D eigenvalue weighted by atomic mass is 9.76. The van der Waals surface area contributed by atoms with Crippen LogP contribution >= 0.6 is 11.3 Å². The molecule has 27 heavy (non-hydrogen) atoms. The largest absolute Gasteiger partial charge is 0.296 e. The summed E-state index contributed by atoms with van der Waals surface area (Å²) in [6, 6.07) is 10.5. The number of piperidine rings is 1. The zero-order chi connectivity index (χ0) is 19.9. The van der Waals surface area contributed by atoms with Gasteiger partial charge in [0.15, 0.2) is 0 Å². The topological polar surface area (TPSA) is 39.9 Å². The molecule has 1 fully saturated rings. The van der Waals surface area contributed by atoms with E-state index in [1.807, 2.05) is 20.8 Å². The first kappa shape index (κ1) is 21.5. The van der Waals surface area contributed by atoms with Crippen molar-refractivity contribution in [1.82, 2.24) is 9.88 Å². The van der Waals surface area contributed by atoms with Crippen molar-refractivity contribution in [3.8, 4) is 17.3 Å². The molecular formula is C22H30FN3S. The van der Waals surface area contributed by atoms with Crippen molar-refractivity contribution in [3.05, 3.63) is 40.2 Å². The predicted octanol–water partition coefficient (Wildman–Crippen LogP) is 5.86. The van der Waals surface area contributed by atoms with Crippen LogP contribution in [0.25, 0.3) is 11.3 Å². The molecule has 1 aliphatic heterocycles. The second-order valence-electron chi connectivity index (χ2n) is 7.12. The maximum atomic E-state index is 14.5. The zero-order valence-corrected chi connectivity index (χ0v) is 17.7. The number of hydrogen-bond donors (Lipinski definition) is 0. The molecule has 2 heterocycles. The SMILES string of the molecule is CC.CCc1nc(-c2ccc(CN3CCC(C)(CC#N)C(F)C3)cc2)cs1. The minimum absolute atomic E-state index is 0.296. The minimum Gasteiger partial charge on any atom is -0.296 e. The van der Waals surface area contributed by atoms with Crippen LogP contribution in [-0.4, -0.2) is 29.1 Å². The number of thiazole rings is 1. The van der Waals surface area contributed by atoms with Crippen LogP contribution in [0.3, 0.4) is 0 Å². The van der Waals surface area contributed by atoms with Gasteiger partial charge in [-0.2, -0.15) is 5.26 Å². The summed E-state index contributed by atoms with van der Waals surface area (Å²) in [5.74, 6) is 0. The summed E-state index contributed by atoms with van der Waals surface area (Å²) in [5, 5.41) is 12.2. The lowest BCUT2D eigenvalue weighted by molar-refractivity contribution is 0.0186. The number of benzene rings is 1. The fourth-order valence-electron chi connectivity index (χ4n) is 3.28. The quantitative estimate of drug-likeness (QED) is 0.645. The summed E-state index contributed by atoms with van der Waals surface area (Å²) in [6.45, 7) is 10.0. The van der Waals surface area contributed by atoms with E-state index in [9.17, 15) is 4.39 Å². The molecule has 3 rings (SSSR count). The van der Waals surface area contributed by atoms with Gasteiger partial charge in [0.25, 0.3) is 0 Å². The monoisotopic (exact) mass is 387 g/mol. The summed E-state index contributed by atoms with van der Waals surface area (Å²) in [4.78, 5) is 6.77. The molecule has 2 aromatic rings. The van der Waals surface area contributed by atoms with Crippen LogP contribution < -0.4 is 0 Å². The average Bonchev–Trinajstić information content (AvgIpc) is 3.17. The Bertz CT molecular complexity index is 750. The van der Waals surface area contributed by atoms with E-state index in [0.29, 0.717) is 13.0 Å². The van der Waals surface area contributed by atoms with Crippen molar-refractivity contribution in [3.63, 3.8) is 0 Å². The molecule has 2 unspecified atom stereocenters. The summed E-state index contributed by atoms with van der Waals surface area (Å²) in [5.41, 5.74) is 2.85. The lowest BCUT2D eigenvalue weighted by Gasteiger charge is -2.41. The number of alkyl halides is 1. The number of rotatable bonds is 5. The molecule has 0 spiro atoms. The number of likely N-dealkylation sites (tertiary alicyclic amines) is 1. The lowest BCUT2D eigenvalue weighted by Crippen LogP contribution is -2.47. The highest BCUT2D eigenvalue weighted by atomic mass is 32.1. The highest BCUT2D eigenvalue weighted by Crippen LogP contribution is 2.36. The van der Waals surface area contributed by atoms with E-state index in [2.05, 4.69) is 52.5 Å². The number of aromatic nitrogens is 1. The molecule has 0 radical (unpaired) electrons. The van der Waals surface area contributed by atoms with Crippen molar-refractivity contribution in [2.24, 2.45) is 5.41 Å². The van der Waals surface area contributed by atoms with Gasteiger partial charge in [-0.25, -0.2) is 9.37 Å². The third-order valence-electron chi connectivity index (χ3n) is 5.17. The zero-order valence-electron chi connectivity index (χ0n) is 16.8. The van der Waals surface area contributed by atoms with Gasteiger partial charge in [-0.05, 0) is 24.9 Å². The number of nitrogens with zero attached hydrogens (tertiary/aromatic N) is 3. The second-order valence-corrected chi connectivity index (χ2v) is 8.06. The van der Waals surface area contributed by atoms with Crippen molar-refractivity contribution >= 4 is 11.3 Å². The number of hydrogen-bond acceptors (Lipinski definition) is 4. The van der Waals surface area contributed by atoms with Gasteiger partial charge in [-0.1, -0.05) is 52.0 Å². The first-order valence-electron chi connectivity index (χ1n) is 9.81. The van der Waals surface area contributed by atoms with Gasteiger partial charge < -0.3 is 0 Å². The number of nitriles is 1. The van der Waals surface area contributed by atoms with E-state index in [0.717, 1.165) is 42.2 Å². The Labute approximate surface area is 166 Å². The Morgan fingerprint density at radius 2 is 2.04 bits per heavy atom. The van der Waals surface area contributed by atoms with E-state index in [1.54, 1.807) is 11.3 Å². The first-order valence-corrected chi connectivity index (χ1v) is 10.7. The van der Waals surface area contributed by atoms with Gasteiger partial charge in [0, 0.05) is 35.9 Å². The van der Waals surface area contributed by atoms with Gasteiger partial charge >= 0.3 is 0 Å². The van der Waals surface area contributed by atoms with E-state index in [1.165, 1.54) is 5.56 Å². The average molecular weight is 388 g/mol. The molecule has 1 aromatic heterocycles. The summed E-state index contributed by atoms with van der Waals surface area (Å²) < 4.78 is 14.5. The molecule has 1 saturated heterocycles. The maximum Gasteiger partial charge on any atom is 0.119 e. The molecule has 0 saturated carbocycles. The van der Waals surface area contributed by atoms with Crippen molar-refractivity contribution in [2.75, 3.05) is 13.1 Å². The Morgan fingerprint density at radius 3 is 2.59 bits per heavy atom. The molecule has 0 amide bonds. The van der Waals surface area contributed by atoms with Crippen LogP contribution in [0.15, 0.2) is 29.6 Å². The molecule has 146 valence electrons. The molecule has 2 atom stereocenters. The van der Waals surface area contributed by atoms with Crippen LogP contribution in [-0.2, 0) is 13.0 Å². The van der Waals surface area contributed by atoms with Gasteiger partial charge in [0.05, 0.1) is 16.8 Å². The van der Waals surface area contributed by atoms with Crippen molar-refractivity contribution in [2.45, 2.75) is 59.7 Å². The van der Waals surface area contributed by atoms with Gasteiger partial charge in [-0.3, -0.25) is 4.90 Å². The van der Waals surface area contributed by atoms with E-state index in [-0.39, 0.29) is 0 Å². The van der Waals surface area contributed by atoms with E-state index < -0.39 is 11.6 Å². The summed E-state index contributed by atoms with van der Waals surface area (Å²) in [7, 11) is 0. The van der Waals surface area contributed by atoms with Crippen LogP contribution in [0.2, 0.25) is 0 Å². The van der Waals surface area contributed by atoms with Gasteiger partial charge in [0.1, 0.15) is 6.17 Å². The molecule has 0 aliphatic carbocycles. The third kappa shape index (κ3) is 5.37. The minimum atomic E-state index is -0.942. The highest BCUT2D eigenvalue weighted by Gasteiger charge is 2.39. The summed E-state index contributed by atoms with van der Waals surface area (Å²) in [6.07, 6.45) is 1.05.